The summed E-state index contributed by atoms with van der Waals surface area (Å²) in [5, 5.41) is 18.5. The molecule has 0 aliphatic rings. The lowest BCUT2D eigenvalue weighted by molar-refractivity contribution is -0.131. The van der Waals surface area contributed by atoms with E-state index in [9.17, 15) is 14.7 Å². The first-order valence-electron chi connectivity index (χ1n) is 6.85. The Morgan fingerprint density at radius 2 is 1.75 bits per heavy atom. The maximum absolute atomic E-state index is 11.4. The standard InChI is InChI=1S/C17H11NO5S/c19-15(20)11-7-5-10(6-8-11)9-14(16(21)22)24-17-18-12-3-1-2-4-13(12)23-17/h1-9H,(H,19,20)(H,21,22)/b14-9-. The molecular formula is C17H11NO5S. The minimum Gasteiger partial charge on any atom is -0.478 e. The van der Waals surface area contributed by atoms with Crippen LogP contribution in [0.3, 0.4) is 0 Å². The maximum atomic E-state index is 11.4. The number of hydrogen-bond acceptors (Lipinski definition) is 5. The van der Waals surface area contributed by atoms with Crippen molar-refractivity contribution in [2.24, 2.45) is 0 Å². The third-order valence-corrected chi connectivity index (χ3v) is 4.00. The van der Waals surface area contributed by atoms with Gasteiger partial charge in [0.05, 0.1) is 5.56 Å². The molecule has 120 valence electrons. The zero-order valence-electron chi connectivity index (χ0n) is 12.2. The predicted octanol–water partition coefficient (Wildman–Crippen LogP) is 3.74. The van der Waals surface area contributed by atoms with Gasteiger partial charge < -0.3 is 14.6 Å². The van der Waals surface area contributed by atoms with Gasteiger partial charge in [0.25, 0.3) is 5.22 Å². The maximum Gasteiger partial charge on any atom is 0.342 e. The van der Waals surface area contributed by atoms with Crippen molar-refractivity contribution in [1.82, 2.24) is 4.98 Å². The molecule has 0 aliphatic heterocycles. The second kappa shape index (κ2) is 6.59. The van der Waals surface area contributed by atoms with E-state index in [4.69, 9.17) is 9.52 Å². The largest absolute Gasteiger partial charge is 0.478 e. The third-order valence-electron chi connectivity index (χ3n) is 3.14. The van der Waals surface area contributed by atoms with Gasteiger partial charge in [-0.25, -0.2) is 14.6 Å². The number of hydrogen-bond donors (Lipinski definition) is 2. The Hall–Kier alpha value is -3.06. The van der Waals surface area contributed by atoms with E-state index in [1.165, 1.54) is 18.2 Å². The van der Waals surface area contributed by atoms with Crippen molar-refractivity contribution in [2.45, 2.75) is 5.22 Å². The monoisotopic (exact) mass is 341 g/mol. The molecule has 0 spiro atoms. The molecule has 0 amide bonds. The molecule has 1 heterocycles. The van der Waals surface area contributed by atoms with E-state index < -0.39 is 11.9 Å². The molecule has 0 saturated heterocycles. The van der Waals surface area contributed by atoms with Crippen molar-refractivity contribution >= 4 is 40.9 Å². The van der Waals surface area contributed by atoms with Crippen molar-refractivity contribution in [2.75, 3.05) is 0 Å². The number of aromatic nitrogens is 1. The Bertz CT molecular complexity index is 910. The highest BCUT2D eigenvalue weighted by Gasteiger charge is 2.15. The molecule has 0 radical (unpaired) electrons. The van der Waals surface area contributed by atoms with Gasteiger partial charge in [-0.1, -0.05) is 24.3 Å². The van der Waals surface area contributed by atoms with Gasteiger partial charge in [-0.05, 0) is 47.7 Å². The van der Waals surface area contributed by atoms with Gasteiger partial charge in [0.1, 0.15) is 10.4 Å². The Balaban J connectivity index is 1.88. The summed E-state index contributed by atoms with van der Waals surface area (Å²) in [6.45, 7) is 0. The number of para-hydroxylation sites is 2. The Morgan fingerprint density at radius 3 is 2.38 bits per heavy atom. The first-order chi connectivity index (χ1) is 11.5. The molecule has 3 aromatic rings. The topological polar surface area (TPSA) is 101 Å². The molecule has 3 rings (SSSR count). The van der Waals surface area contributed by atoms with Crippen LogP contribution in [0, 0.1) is 0 Å². The number of nitrogens with zero attached hydrogens (tertiary/aromatic N) is 1. The number of aromatic carboxylic acids is 1. The minimum absolute atomic E-state index is 0.0182. The van der Waals surface area contributed by atoms with Crippen LogP contribution >= 0.6 is 11.8 Å². The smallest absolute Gasteiger partial charge is 0.342 e. The summed E-state index contributed by atoms with van der Waals surface area (Å²) >= 11 is 0.895. The van der Waals surface area contributed by atoms with Gasteiger partial charge in [-0.15, -0.1) is 0 Å². The summed E-state index contributed by atoms with van der Waals surface area (Å²) in [4.78, 5) is 26.5. The van der Waals surface area contributed by atoms with E-state index in [0.29, 0.717) is 16.7 Å². The zero-order valence-corrected chi connectivity index (χ0v) is 13.0. The summed E-state index contributed by atoms with van der Waals surface area (Å²) < 4.78 is 5.51. The molecule has 2 N–H and O–H groups in total. The van der Waals surface area contributed by atoms with Crippen LogP contribution in [-0.2, 0) is 4.79 Å². The number of thioether (sulfide) groups is 1. The van der Waals surface area contributed by atoms with Crippen LogP contribution in [0.5, 0.6) is 0 Å². The summed E-state index contributed by atoms with van der Waals surface area (Å²) in [5.74, 6) is -2.16. The normalized spacial score (nSPS) is 11.6. The van der Waals surface area contributed by atoms with Crippen molar-refractivity contribution in [3.8, 4) is 0 Å². The highest BCUT2D eigenvalue weighted by Crippen LogP contribution is 2.30. The second-order valence-electron chi connectivity index (χ2n) is 4.79. The molecule has 0 aliphatic carbocycles. The lowest BCUT2D eigenvalue weighted by Crippen LogP contribution is -1.97. The Morgan fingerprint density at radius 1 is 1.04 bits per heavy atom. The van der Waals surface area contributed by atoms with E-state index in [1.807, 2.05) is 6.07 Å². The van der Waals surface area contributed by atoms with E-state index in [0.717, 1.165) is 11.8 Å². The van der Waals surface area contributed by atoms with Crippen molar-refractivity contribution in [1.29, 1.82) is 0 Å². The molecule has 0 saturated carbocycles. The molecular weight excluding hydrogens is 330 g/mol. The Kier molecular flexibility index (Phi) is 4.35. The van der Waals surface area contributed by atoms with Crippen molar-refractivity contribution < 1.29 is 24.2 Å². The van der Waals surface area contributed by atoms with Crippen LogP contribution in [0.15, 0.2) is 63.1 Å². The Labute approximate surface area is 140 Å². The average molecular weight is 341 g/mol. The minimum atomic E-state index is -1.12. The summed E-state index contributed by atoms with van der Waals surface area (Å²) in [6.07, 6.45) is 1.44. The summed E-state index contributed by atoms with van der Waals surface area (Å²) in [6, 6.07) is 13.1. The number of carboxylic acids is 2. The second-order valence-corrected chi connectivity index (χ2v) is 5.78. The fraction of sp³-hybridized carbons (Fsp3) is 0. The van der Waals surface area contributed by atoms with E-state index >= 15 is 0 Å². The first kappa shape index (κ1) is 15.8. The predicted molar refractivity (Wildman–Crippen MR) is 88.9 cm³/mol. The zero-order chi connectivity index (χ0) is 17.1. The van der Waals surface area contributed by atoms with Crippen LogP contribution in [-0.4, -0.2) is 27.1 Å². The number of rotatable bonds is 5. The molecule has 6 nitrogen and oxygen atoms in total. The van der Waals surface area contributed by atoms with E-state index in [2.05, 4.69) is 4.98 Å². The molecule has 0 atom stereocenters. The number of oxazole rings is 1. The highest BCUT2D eigenvalue weighted by molar-refractivity contribution is 8.03. The van der Waals surface area contributed by atoms with Crippen LogP contribution in [0.4, 0.5) is 0 Å². The number of benzene rings is 2. The fourth-order valence-electron chi connectivity index (χ4n) is 2.00. The van der Waals surface area contributed by atoms with E-state index in [-0.39, 0.29) is 15.7 Å². The molecule has 0 bridgehead atoms. The van der Waals surface area contributed by atoms with Gasteiger partial charge in [0, 0.05) is 0 Å². The number of carboxylic acid groups (broad SMARTS) is 2. The fourth-order valence-corrected chi connectivity index (χ4v) is 2.74. The quantitative estimate of drug-likeness (QED) is 0.538. The van der Waals surface area contributed by atoms with Gasteiger partial charge in [-0.2, -0.15) is 0 Å². The molecule has 0 unspecified atom stereocenters. The lowest BCUT2D eigenvalue weighted by atomic mass is 10.1. The van der Waals surface area contributed by atoms with Crippen LogP contribution in [0.2, 0.25) is 0 Å². The van der Waals surface area contributed by atoms with Crippen molar-refractivity contribution in [3.05, 3.63) is 64.6 Å². The molecule has 24 heavy (non-hydrogen) atoms. The van der Waals surface area contributed by atoms with Gasteiger partial charge in [-0.3, -0.25) is 0 Å². The van der Waals surface area contributed by atoms with Gasteiger partial charge in [0.15, 0.2) is 5.58 Å². The molecule has 2 aromatic carbocycles. The molecule has 1 aromatic heterocycles. The SMILES string of the molecule is O=C(O)/C(=C/c1ccc(C(=O)O)cc1)Sc1nc2ccccc2o1. The summed E-state index contributed by atoms with van der Waals surface area (Å²) in [7, 11) is 0. The van der Waals surface area contributed by atoms with Crippen LogP contribution in [0.1, 0.15) is 15.9 Å². The highest BCUT2D eigenvalue weighted by atomic mass is 32.2. The van der Waals surface area contributed by atoms with Crippen molar-refractivity contribution in [3.63, 3.8) is 0 Å². The summed E-state index contributed by atoms with van der Waals surface area (Å²) in [5.41, 5.74) is 1.93. The van der Waals surface area contributed by atoms with Gasteiger partial charge >= 0.3 is 11.9 Å². The number of fused-ring (bicyclic) bond motifs is 1. The molecule has 0 fully saturated rings. The van der Waals surface area contributed by atoms with Gasteiger partial charge in [0.2, 0.25) is 0 Å². The number of aliphatic carboxylic acids is 1. The third kappa shape index (κ3) is 3.47. The average Bonchev–Trinajstić information content (AvgIpc) is 2.97. The number of carbonyl (C=O) groups is 2. The molecule has 7 heteroatoms. The lowest BCUT2D eigenvalue weighted by Gasteiger charge is -2.00. The van der Waals surface area contributed by atoms with Crippen LogP contribution in [0.25, 0.3) is 17.2 Å². The van der Waals surface area contributed by atoms with E-state index in [1.54, 1.807) is 30.3 Å². The van der Waals surface area contributed by atoms with Crippen LogP contribution < -0.4 is 0 Å². The first-order valence-corrected chi connectivity index (χ1v) is 7.66.